The third-order valence-electron chi connectivity index (χ3n) is 7.69. The minimum Gasteiger partial charge on any atom is -0.353 e. The molecule has 2 saturated carbocycles. The molecule has 0 atom stereocenters. The number of nitrogens with zero attached hydrogens (tertiary/aromatic N) is 3. The van der Waals surface area contributed by atoms with Crippen molar-refractivity contribution in [3.63, 3.8) is 0 Å². The number of fused-ring (bicyclic) bond motifs is 1. The Morgan fingerprint density at radius 2 is 2.00 bits per heavy atom. The molecular weight excluding hydrogens is 474 g/mol. The highest BCUT2D eigenvalue weighted by atomic mass is 32.1. The van der Waals surface area contributed by atoms with E-state index in [1.54, 1.807) is 28.9 Å². The van der Waals surface area contributed by atoms with Crippen LogP contribution in [0, 0.1) is 12.8 Å². The van der Waals surface area contributed by atoms with Crippen LogP contribution in [-0.4, -0.2) is 45.8 Å². The average Bonchev–Trinajstić information content (AvgIpc) is 3.37. The van der Waals surface area contributed by atoms with Crippen LogP contribution in [-0.2, 0) is 29.6 Å². The minimum absolute atomic E-state index is 0.0653. The number of carbonyl (C=O) groups excluding carboxylic acids is 1. The number of alkyl halides is 2. The second-order valence-electron chi connectivity index (χ2n) is 10.8. The van der Waals surface area contributed by atoms with Crippen LogP contribution in [0.3, 0.4) is 0 Å². The van der Waals surface area contributed by atoms with E-state index < -0.39 is 11.3 Å². The largest absolute Gasteiger partial charge is 0.353 e. The molecule has 3 aliphatic rings. The van der Waals surface area contributed by atoms with Crippen molar-refractivity contribution in [2.24, 2.45) is 5.92 Å². The van der Waals surface area contributed by atoms with Crippen molar-refractivity contribution in [1.29, 1.82) is 0 Å². The fourth-order valence-electron chi connectivity index (χ4n) is 5.83. The molecule has 0 aromatic carbocycles. The summed E-state index contributed by atoms with van der Waals surface area (Å²) in [6.07, 6.45) is 8.71. The van der Waals surface area contributed by atoms with Gasteiger partial charge in [-0.25, -0.2) is 18.7 Å². The summed E-state index contributed by atoms with van der Waals surface area (Å²) in [5, 5.41) is 5.13. The second kappa shape index (κ2) is 9.54. The van der Waals surface area contributed by atoms with E-state index in [0.717, 1.165) is 72.3 Å². The zero-order valence-electron chi connectivity index (χ0n) is 20.0. The van der Waals surface area contributed by atoms with Gasteiger partial charge in [-0.05, 0) is 57.9 Å². The van der Waals surface area contributed by atoms with E-state index >= 15 is 0 Å². The fraction of sp³-hybridized carbons (Fsp3) is 0.720. The SMILES string of the molecule is Cc1ncc(CC(=O)NC2CCC(CCN3CCc4sc(C5(C)CC(F)(F)C5)nc4C3)CC2)s1. The van der Waals surface area contributed by atoms with Crippen molar-refractivity contribution in [3.8, 4) is 0 Å². The Kier molecular flexibility index (Phi) is 6.81. The molecule has 1 N–H and O–H groups in total. The Hall–Kier alpha value is -1.45. The number of halogens is 2. The molecule has 5 rings (SSSR count). The smallest absolute Gasteiger partial charge is 0.250 e. The molecule has 9 heteroatoms. The summed E-state index contributed by atoms with van der Waals surface area (Å²) in [5.74, 6) is -1.70. The lowest BCUT2D eigenvalue weighted by Gasteiger charge is -2.43. The quantitative estimate of drug-likeness (QED) is 0.554. The normalized spacial score (nSPS) is 26.0. The van der Waals surface area contributed by atoms with Gasteiger partial charge in [-0.3, -0.25) is 9.69 Å². The summed E-state index contributed by atoms with van der Waals surface area (Å²) in [6.45, 7) is 6.84. The number of thiazole rings is 2. The van der Waals surface area contributed by atoms with Crippen LogP contribution in [0.15, 0.2) is 6.20 Å². The van der Waals surface area contributed by atoms with Crippen LogP contribution in [0.1, 0.15) is 77.3 Å². The maximum absolute atomic E-state index is 13.5. The highest BCUT2D eigenvalue weighted by Gasteiger charge is 2.56. The zero-order valence-corrected chi connectivity index (χ0v) is 21.7. The van der Waals surface area contributed by atoms with Gasteiger partial charge in [-0.2, -0.15) is 0 Å². The predicted octanol–water partition coefficient (Wildman–Crippen LogP) is 5.26. The molecule has 2 aliphatic carbocycles. The predicted molar refractivity (Wildman–Crippen MR) is 132 cm³/mol. The van der Waals surface area contributed by atoms with Crippen LogP contribution < -0.4 is 5.32 Å². The standard InChI is InChI=1S/C25H34F2N4OS2/c1-16-28-12-19(33-16)11-22(32)29-18-5-3-17(4-6-18)7-9-31-10-8-21-20(13-31)30-23(34-21)24(2)14-25(26,27)15-24/h12,17-18H,3-11,13-15H2,1-2H3,(H,29,32). The molecular formula is C25H34F2N4OS2. The molecule has 2 aromatic heterocycles. The van der Waals surface area contributed by atoms with Gasteiger partial charge in [0.1, 0.15) is 0 Å². The third kappa shape index (κ3) is 5.51. The Labute approximate surface area is 208 Å². The average molecular weight is 509 g/mol. The maximum Gasteiger partial charge on any atom is 0.250 e. The fourth-order valence-corrected chi connectivity index (χ4v) is 7.82. The lowest BCUT2D eigenvalue weighted by molar-refractivity contribution is -0.122. The lowest BCUT2D eigenvalue weighted by atomic mass is 9.68. The van der Waals surface area contributed by atoms with E-state index in [-0.39, 0.29) is 18.7 Å². The number of hydrogen-bond donors (Lipinski definition) is 1. The first-order chi connectivity index (χ1) is 16.2. The van der Waals surface area contributed by atoms with Gasteiger partial charge >= 0.3 is 0 Å². The van der Waals surface area contributed by atoms with Gasteiger partial charge < -0.3 is 5.32 Å². The Morgan fingerprint density at radius 1 is 1.24 bits per heavy atom. The molecule has 1 amide bonds. The van der Waals surface area contributed by atoms with Crippen LogP contribution in [0.25, 0.3) is 0 Å². The summed E-state index contributed by atoms with van der Waals surface area (Å²) in [4.78, 5) is 26.2. The third-order valence-corrected chi connectivity index (χ3v) is 10.1. The van der Waals surface area contributed by atoms with E-state index in [0.29, 0.717) is 18.4 Å². The molecule has 0 unspecified atom stereocenters. The Balaban J connectivity index is 1.03. The van der Waals surface area contributed by atoms with Crippen molar-refractivity contribution in [3.05, 3.63) is 31.7 Å². The molecule has 34 heavy (non-hydrogen) atoms. The molecule has 0 saturated heterocycles. The molecule has 0 bridgehead atoms. The van der Waals surface area contributed by atoms with Crippen molar-refractivity contribution in [2.45, 2.75) is 95.6 Å². The van der Waals surface area contributed by atoms with Gasteiger partial charge in [0.2, 0.25) is 11.8 Å². The number of aromatic nitrogens is 2. The molecule has 0 radical (unpaired) electrons. The van der Waals surface area contributed by atoms with E-state index in [9.17, 15) is 13.6 Å². The number of amides is 1. The second-order valence-corrected chi connectivity index (χ2v) is 13.2. The monoisotopic (exact) mass is 508 g/mol. The van der Waals surface area contributed by atoms with E-state index in [1.165, 1.54) is 11.3 Å². The zero-order chi connectivity index (χ0) is 23.9. The van der Waals surface area contributed by atoms with Crippen molar-refractivity contribution < 1.29 is 13.6 Å². The van der Waals surface area contributed by atoms with Gasteiger partial charge in [-0.1, -0.05) is 6.92 Å². The lowest BCUT2D eigenvalue weighted by Crippen LogP contribution is -2.47. The van der Waals surface area contributed by atoms with Crippen LogP contribution >= 0.6 is 22.7 Å². The Morgan fingerprint density at radius 3 is 2.68 bits per heavy atom. The van der Waals surface area contributed by atoms with E-state index in [4.69, 9.17) is 4.98 Å². The molecule has 2 fully saturated rings. The number of carbonyl (C=O) groups is 1. The molecule has 3 heterocycles. The summed E-state index contributed by atoms with van der Waals surface area (Å²) in [7, 11) is 0. The maximum atomic E-state index is 13.5. The van der Waals surface area contributed by atoms with Crippen LogP contribution in [0.4, 0.5) is 8.78 Å². The summed E-state index contributed by atoms with van der Waals surface area (Å²) < 4.78 is 26.9. The summed E-state index contributed by atoms with van der Waals surface area (Å²) in [5.41, 5.74) is 0.675. The van der Waals surface area contributed by atoms with Gasteiger partial charge in [0.15, 0.2) is 0 Å². The highest BCUT2D eigenvalue weighted by molar-refractivity contribution is 7.12. The number of nitrogens with one attached hydrogen (secondary N) is 1. The first-order valence-electron chi connectivity index (χ1n) is 12.5. The molecule has 186 valence electrons. The Bertz CT molecular complexity index is 1020. The van der Waals surface area contributed by atoms with Crippen molar-refractivity contribution >= 4 is 28.6 Å². The summed E-state index contributed by atoms with van der Waals surface area (Å²) >= 11 is 3.26. The van der Waals surface area contributed by atoms with Crippen molar-refractivity contribution in [1.82, 2.24) is 20.2 Å². The van der Waals surface area contributed by atoms with E-state index in [1.807, 2.05) is 13.8 Å². The highest BCUT2D eigenvalue weighted by Crippen LogP contribution is 2.54. The summed E-state index contributed by atoms with van der Waals surface area (Å²) in [6, 6.07) is 0.295. The molecule has 1 aliphatic heterocycles. The van der Waals surface area contributed by atoms with Crippen LogP contribution in [0.2, 0.25) is 0 Å². The van der Waals surface area contributed by atoms with Crippen molar-refractivity contribution in [2.75, 3.05) is 13.1 Å². The van der Waals surface area contributed by atoms with Gasteiger partial charge in [0.25, 0.3) is 0 Å². The first-order valence-corrected chi connectivity index (χ1v) is 14.1. The van der Waals surface area contributed by atoms with Gasteiger partial charge in [0, 0.05) is 53.3 Å². The topological polar surface area (TPSA) is 58.1 Å². The number of rotatable bonds is 7. The number of hydrogen-bond acceptors (Lipinski definition) is 6. The van der Waals surface area contributed by atoms with E-state index in [2.05, 4.69) is 15.2 Å². The minimum atomic E-state index is -2.52. The molecule has 2 aromatic rings. The van der Waals surface area contributed by atoms with Crippen LogP contribution in [0.5, 0.6) is 0 Å². The molecule has 0 spiro atoms. The number of aryl methyl sites for hydroxylation is 1. The molecule has 5 nitrogen and oxygen atoms in total. The van der Waals surface area contributed by atoms with Gasteiger partial charge in [0.05, 0.1) is 22.1 Å². The first kappa shape index (κ1) is 24.3. The van der Waals surface area contributed by atoms with Gasteiger partial charge in [-0.15, -0.1) is 22.7 Å².